The Morgan fingerprint density at radius 2 is 1.90 bits per heavy atom. The SMILES string of the molecule is CC(C)CNS(=O)(=O)c1cc(C(=O)NN)c(Cl)cc1Cl. The van der Waals surface area contributed by atoms with Crippen molar-refractivity contribution >= 4 is 39.1 Å². The fourth-order valence-electron chi connectivity index (χ4n) is 1.34. The summed E-state index contributed by atoms with van der Waals surface area (Å²) in [5.74, 6) is 4.44. The molecule has 0 aliphatic carbocycles. The minimum Gasteiger partial charge on any atom is -0.290 e. The van der Waals surface area contributed by atoms with Crippen molar-refractivity contribution in [3.63, 3.8) is 0 Å². The van der Waals surface area contributed by atoms with Gasteiger partial charge in [0.25, 0.3) is 5.91 Å². The monoisotopic (exact) mass is 339 g/mol. The third-order valence-electron chi connectivity index (χ3n) is 2.37. The number of sulfonamides is 1. The maximum Gasteiger partial charge on any atom is 0.266 e. The molecule has 0 aromatic heterocycles. The summed E-state index contributed by atoms with van der Waals surface area (Å²) in [5, 5.41) is -0.0550. The average molecular weight is 340 g/mol. The number of hydrazine groups is 1. The van der Waals surface area contributed by atoms with Crippen molar-refractivity contribution < 1.29 is 13.2 Å². The molecule has 0 radical (unpaired) electrons. The predicted octanol–water partition coefficient (Wildman–Crippen LogP) is 1.53. The van der Waals surface area contributed by atoms with Crippen molar-refractivity contribution in [2.24, 2.45) is 11.8 Å². The second-order valence-electron chi connectivity index (χ2n) is 4.48. The van der Waals surface area contributed by atoms with E-state index in [4.69, 9.17) is 29.0 Å². The van der Waals surface area contributed by atoms with Gasteiger partial charge >= 0.3 is 0 Å². The number of nitrogen functional groups attached to an aromatic ring is 1. The van der Waals surface area contributed by atoms with E-state index < -0.39 is 15.9 Å². The van der Waals surface area contributed by atoms with E-state index in [1.807, 2.05) is 19.3 Å². The number of carbonyl (C=O) groups excluding carboxylic acids is 1. The van der Waals surface area contributed by atoms with E-state index in [9.17, 15) is 13.2 Å². The Morgan fingerprint density at radius 1 is 1.30 bits per heavy atom. The third kappa shape index (κ3) is 4.07. The van der Waals surface area contributed by atoms with Crippen LogP contribution in [0.4, 0.5) is 0 Å². The molecule has 1 aromatic carbocycles. The van der Waals surface area contributed by atoms with E-state index in [1.165, 1.54) is 6.07 Å². The molecule has 1 aromatic rings. The van der Waals surface area contributed by atoms with Gasteiger partial charge in [-0.2, -0.15) is 0 Å². The Labute approximate surface area is 127 Å². The van der Waals surface area contributed by atoms with Gasteiger partial charge in [-0.05, 0) is 18.1 Å². The van der Waals surface area contributed by atoms with Gasteiger partial charge in [0.05, 0.1) is 15.6 Å². The Morgan fingerprint density at radius 3 is 2.40 bits per heavy atom. The van der Waals surface area contributed by atoms with Crippen molar-refractivity contribution in [1.29, 1.82) is 0 Å². The molecule has 0 aliphatic rings. The Hall–Kier alpha value is -0.860. The molecular formula is C11H15Cl2N3O3S. The molecule has 0 atom stereocenters. The highest BCUT2D eigenvalue weighted by Crippen LogP contribution is 2.28. The molecule has 0 unspecified atom stereocenters. The first-order valence-electron chi connectivity index (χ1n) is 5.68. The van der Waals surface area contributed by atoms with Crippen LogP contribution in [0.5, 0.6) is 0 Å². The standard InChI is InChI=1S/C11H15Cl2N3O3S/c1-6(2)5-15-20(18,19)10-3-7(11(17)16-14)8(12)4-9(10)13/h3-4,6,15H,5,14H2,1-2H3,(H,16,17). The van der Waals surface area contributed by atoms with Crippen molar-refractivity contribution in [3.05, 3.63) is 27.7 Å². The van der Waals surface area contributed by atoms with Crippen LogP contribution in [0.3, 0.4) is 0 Å². The molecule has 6 nitrogen and oxygen atoms in total. The first kappa shape index (κ1) is 17.2. The smallest absolute Gasteiger partial charge is 0.266 e. The maximum absolute atomic E-state index is 12.1. The number of benzene rings is 1. The third-order valence-corrected chi connectivity index (χ3v) is 4.57. The van der Waals surface area contributed by atoms with Crippen LogP contribution in [0.1, 0.15) is 24.2 Å². The molecule has 0 saturated heterocycles. The number of rotatable bonds is 5. The summed E-state index contributed by atoms with van der Waals surface area (Å²) >= 11 is 11.7. The van der Waals surface area contributed by atoms with Gasteiger partial charge in [-0.25, -0.2) is 19.0 Å². The molecular weight excluding hydrogens is 325 g/mol. The highest BCUT2D eigenvalue weighted by Gasteiger charge is 2.22. The number of nitrogens with two attached hydrogens (primary N) is 1. The van der Waals surface area contributed by atoms with E-state index >= 15 is 0 Å². The lowest BCUT2D eigenvalue weighted by Crippen LogP contribution is -2.31. The summed E-state index contributed by atoms with van der Waals surface area (Å²) in [6.45, 7) is 3.97. The lowest BCUT2D eigenvalue weighted by atomic mass is 10.2. The zero-order valence-electron chi connectivity index (χ0n) is 10.9. The van der Waals surface area contributed by atoms with E-state index in [-0.39, 0.29) is 33.0 Å². The van der Waals surface area contributed by atoms with E-state index in [1.54, 1.807) is 0 Å². The highest BCUT2D eigenvalue weighted by atomic mass is 35.5. The van der Waals surface area contributed by atoms with Crippen LogP contribution in [0.2, 0.25) is 10.0 Å². The lowest BCUT2D eigenvalue weighted by molar-refractivity contribution is 0.0953. The number of hydrogen-bond donors (Lipinski definition) is 3. The molecule has 0 spiro atoms. The fraction of sp³-hybridized carbons (Fsp3) is 0.364. The van der Waals surface area contributed by atoms with Crippen LogP contribution < -0.4 is 16.0 Å². The topological polar surface area (TPSA) is 101 Å². The molecule has 1 rings (SSSR count). The molecule has 20 heavy (non-hydrogen) atoms. The molecule has 0 bridgehead atoms. The average Bonchev–Trinajstić information content (AvgIpc) is 2.35. The zero-order chi connectivity index (χ0) is 15.5. The second-order valence-corrected chi connectivity index (χ2v) is 7.03. The fourth-order valence-corrected chi connectivity index (χ4v) is 3.41. The van der Waals surface area contributed by atoms with Gasteiger partial charge in [0.2, 0.25) is 10.0 Å². The van der Waals surface area contributed by atoms with Gasteiger partial charge in [-0.3, -0.25) is 10.2 Å². The maximum atomic E-state index is 12.1. The summed E-state index contributed by atoms with van der Waals surface area (Å²) in [7, 11) is -3.83. The Bertz CT molecular complexity index is 618. The molecule has 112 valence electrons. The largest absolute Gasteiger partial charge is 0.290 e. The van der Waals surface area contributed by atoms with Gasteiger partial charge in [0.15, 0.2) is 0 Å². The second kappa shape index (κ2) is 6.73. The summed E-state index contributed by atoms with van der Waals surface area (Å²) in [4.78, 5) is 11.3. The highest BCUT2D eigenvalue weighted by molar-refractivity contribution is 7.89. The van der Waals surface area contributed by atoms with E-state index in [0.29, 0.717) is 0 Å². The predicted molar refractivity (Wildman–Crippen MR) is 78.1 cm³/mol. The molecule has 0 heterocycles. The molecule has 4 N–H and O–H groups in total. The first-order chi connectivity index (χ1) is 9.19. The van der Waals surface area contributed by atoms with Crippen LogP contribution in [0.15, 0.2) is 17.0 Å². The summed E-state index contributed by atoms with van der Waals surface area (Å²) in [5.41, 5.74) is 1.82. The van der Waals surface area contributed by atoms with Gasteiger partial charge in [0.1, 0.15) is 4.90 Å². The van der Waals surface area contributed by atoms with Crippen molar-refractivity contribution in [2.75, 3.05) is 6.54 Å². The van der Waals surface area contributed by atoms with Gasteiger partial charge in [-0.15, -0.1) is 0 Å². The summed E-state index contributed by atoms with van der Waals surface area (Å²) in [6, 6.07) is 2.28. The van der Waals surface area contributed by atoms with Crippen molar-refractivity contribution in [1.82, 2.24) is 10.1 Å². The number of amides is 1. The number of carbonyl (C=O) groups is 1. The molecule has 0 aliphatic heterocycles. The number of hydrogen-bond acceptors (Lipinski definition) is 4. The van der Waals surface area contributed by atoms with Crippen LogP contribution in [-0.2, 0) is 10.0 Å². The van der Waals surface area contributed by atoms with Gasteiger partial charge < -0.3 is 0 Å². The minimum absolute atomic E-state index is 0.0146. The normalized spacial score (nSPS) is 11.7. The van der Waals surface area contributed by atoms with Crippen LogP contribution >= 0.6 is 23.2 Å². The molecule has 0 saturated carbocycles. The Kier molecular flexibility index (Phi) is 5.79. The van der Waals surface area contributed by atoms with Gasteiger partial charge in [-0.1, -0.05) is 37.0 Å². The number of halogens is 2. The van der Waals surface area contributed by atoms with E-state index in [2.05, 4.69) is 4.72 Å². The Balaban J connectivity index is 3.27. The molecule has 1 amide bonds. The van der Waals surface area contributed by atoms with E-state index in [0.717, 1.165) is 6.07 Å². The van der Waals surface area contributed by atoms with Crippen molar-refractivity contribution in [3.8, 4) is 0 Å². The summed E-state index contributed by atoms with van der Waals surface area (Å²) < 4.78 is 26.7. The lowest BCUT2D eigenvalue weighted by Gasteiger charge is -2.12. The molecule has 9 heteroatoms. The zero-order valence-corrected chi connectivity index (χ0v) is 13.2. The van der Waals surface area contributed by atoms with Crippen LogP contribution in [-0.4, -0.2) is 20.9 Å². The summed E-state index contributed by atoms with van der Waals surface area (Å²) in [6.07, 6.45) is 0. The molecule has 0 fully saturated rings. The van der Waals surface area contributed by atoms with Crippen molar-refractivity contribution in [2.45, 2.75) is 18.7 Å². The van der Waals surface area contributed by atoms with Gasteiger partial charge in [0, 0.05) is 6.54 Å². The minimum atomic E-state index is -3.83. The van der Waals surface area contributed by atoms with Crippen LogP contribution in [0, 0.1) is 5.92 Å². The van der Waals surface area contributed by atoms with Crippen LogP contribution in [0.25, 0.3) is 0 Å². The quantitative estimate of drug-likeness (QED) is 0.430. The number of nitrogens with one attached hydrogen (secondary N) is 2. The first-order valence-corrected chi connectivity index (χ1v) is 7.92.